The van der Waals surface area contributed by atoms with Gasteiger partial charge in [-0.3, -0.25) is 9.59 Å². The van der Waals surface area contributed by atoms with Gasteiger partial charge in [0.1, 0.15) is 0 Å². The van der Waals surface area contributed by atoms with Gasteiger partial charge in [-0.25, -0.2) is 0 Å². The summed E-state index contributed by atoms with van der Waals surface area (Å²) in [5, 5.41) is 9.32. The minimum atomic E-state index is -0.839. The van der Waals surface area contributed by atoms with E-state index in [1.165, 1.54) is 0 Å². The van der Waals surface area contributed by atoms with E-state index in [0.717, 1.165) is 16.5 Å². The fourth-order valence-electron chi connectivity index (χ4n) is 2.60. The molecule has 1 amide bonds. The van der Waals surface area contributed by atoms with Crippen molar-refractivity contribution in [3.63, 3.8) is 0 Å². The van der Waals surface area contributed by atoms with E-state index < -0.39 is 11.4 Å². The summed E-state index contributed by atoms with van der Waals surface area (Å²) in [6.45, 7) is 4.49. The number of carbonyl (C=O) groups excluding carboxylic acids is 1. The molecule has 20 heavy (non-hydrogen) atoms. The summed E-state index contributed by atoms with van der Waals surface area (Å²) in [5.74, 6) is -0.920. The van der Waals surface area contributed by atoms with E-state index in [1.54, 1.807) is 17.9 Å². The second-order valence-electron chi connectivity index (χ2n) is 5.61. The Kier molecular flexibility index (Phi) is 4.18. The van der Waals surface area contributed by atoms with Crippen molar-refractivity contribution in [3.05, 3.63) is 33.8 Å². The van der Waals surface area contributed by atoms with Gasteiger partial charge in [0.15, 0.2) is 0 Å². The van der Waals surface area contributed by atoms with Crippen molar-refractivity contribution in [1.29, 1.82) is 0 Å². The molecule has 0 aliphatic carbocycles. The quantitative estimate of drug-likeness (QED) is 0.900. The molecule has 0 saturated carbocycles. The number of likely N-dealkylation sites (tertiary alicyclic amines) is 1. The fourth-order valence-corrected chi connectivity index (χ4v) is 2.96. The first-order chi connectivity index (χ1) is 9.35. The first kappa shape index (κ1) is 15.0. The Hall–Kier alpha value is -1.36. The molecule has 0 bridgehead atoms. The molecule has 1 aliphatic heterocycles. The Morgan fingerprint density at radius 1 is 1.40 bits per heavy atom. The van der Waals surface area contributed by atoms with Crippen LogP contribution in [0.1, 0.15) is 35.7 Å². The van der Waals surface area contributed by atoms with Crippen LogP contribution in [0.5, 0.6) is 0 Å². The van der Waals surface area contributed by atoms with Gasteiger partial charge in [-0.2, -0.15) is 0 Å². The van der Waals surface area contributed by atoms with Crippen LogP contribution in [0.3, 0.4) is 0 Å². The normalized spacial score (nSPS) is 22.6. The lowest BCUT2D eigenvalue weighted by molar-refractivity contribution is -0.150. The third-order valence-electron chi connectivity index (χ3n) is 4.00. The lowest BCUT2D eigenvalue weighted by Gasteiger charge is -2.37. The summed E-state index contributed by atoms with van der Waals surface area (Å²) in [4.78, 5) is 25.6. The molecular weight excluding hydrogens is 322 g/mol. The molecule has 5 heteroatoms. The number of piperidine rings is 1. The maximum absolute atomic E-state index is 12.6. The number of nitrogens with zero attached hydrogens (tertiary/aromatic N) is 1. The van der Waals surface area contributed by atoms with E-state index >= 15 is 0 Å². The van der Waals surface area contributed by atoms with Crippen LogP contribution in [0.15, 0.2) is 22.7 Å². The van der Waals surface area contributed by atoms with Crippen molar-refractivity contribution in [2.75, 3.05) is 13.1 Å². The highest BCUT2D eigenvalue weighted by atomic mass is 79.9. The van der Waals surface area contributed by atoms with Crippen LogP contribution in [0.4, 0.5) is 0 Å². The molecule has 1 aliphatic rings. The predicted molar refractivity (Wildman–Crippen MR) is 79.8 cm³/mol. The molecule has 1 aromatic carbocycles. The second kappa shape index (κ2) is 5.56. The highest BCUT2D eigenvalue weighted by Crippen LogP contribution is 2.31. The first-order valence-corrected chi connectivity index (χ1v) is 7.42. The number of amides is 1. The van der Waals surface area contributed by atoms with Gasteiger partial charge < -0.3 is 10.0 Å². The largest absolute Gasteiger partial charge is 0.481 e. The minimum Gasteiger partial charge on any atom is -0.481 e. The van der Waals surface area contributed by atoms with Crippen LogP contribution >= 0.6 is 15.9 Å². The molecule has 1 aromatic rings. The molecular formula is C15H18BrNO3. The first-order valence-electron chi connectivity index (χ1n) is 6.63. The number of hydrogen-bond donors (Lipinski definition) is 1. The van der Waals surface area contributed by atoms with Crippen molar-refractivity contribution in [3.8, 4) is 0 Å². The summed E-state index contributed by atoms with van der Waals surface area (Å²) in [6, 6.07) is 5.50. The van der Waals surface area contributed by atoms with E-state index in [1.807, 2.05) is 19.1 Å². The van der Waals surface area contributed by atoms with Crippen molar-refractivity contribution in [2.45, 2.75) is 26.7 Å². The SMILES string of the molecule is Cc1c(Br)cccc1C(=O)N1CCCC(C)(C(=O)O)C1. The number of carbonyl (C=O) groups is 2. The summed E-state index contributed by atoms with van der Waals surface area (Å²) in [7, 11) is 0. The van der Waals surface area contributed by atoms with E-state index in [-0.39, 0.29) is 12.5 Å². The number of halogens is 1. The molecule has 1 heterocycles. The summed E-state index contributed by atoms with van der Waals surface area (Å²) in [5.41, 5.74) is 0.683. The van der Waals surface area contributed by atoms with Gasteiger partial charge in [-0.15, -0.1) is 0 Å². The molecule has 4 nitrogen and oxygen atoms in total. The van der Waals surface area contributed by atoms with E-state index in [2.05, 4.69) is 15.9 Å². The zero-order valence-corrected chi connectivity index (χ0v) is 13.2. The Morgan fingerprint density at radius 2 is 2.10 bits per heavy atom. The highest BCUT2D eigenvalue weighted by Gasteiger charge is 2.39. The third-order valence-corrected chi connectivity index (χ3v) is 4.86. The molecule has 1 N–H and O–H groups in total. The van der Waals surface area contributed by atoms with Crippen LogP contribution in [-0.2, 0) is 4.79 Å². The van der Waals surface area contributed by atoms with Crippen LogP contribution in [0, 0.1) is 12.3 Å². The van der Waals surface area contributed by atoms with E-state index in [4.69, 9.17) is 0 Å². The molecule has 1 atom stereocenters. The number of hydrogen-bond acceptors (Lipinski definition) is 2. The maximum Gasteiger partial charge on any atom is 0.311 e. The zero-order chi connectivity index (χ0) is 14.9. The average molecular weight is 340 g/mol. The third kappa shape index (κ3) is 2.73. The Bertz CT molecular complexity index is 558. The zero-order valence-electron chi connectivity index (χ0n) is 11.6. The average Bonchev–Trinajstić information content (AvgIpc) is 2.41. The monoisotopic (exact) mass is 339 g/mol. The Labute approximate surface area is 126 Å². The smallest absolute Gasteiger partial charge is 0.311 e. The van der Waals surface area contributed by atoms with Gasteiger partial charge in [0.2, 0.25) is 0 Å². The number of carboxylic acid groups (broad SMARTS) is 1. The topological polar surface area (TPSA) is 57.6 Å². The van der Waals surface area contributed by atoms with E-state index in [9.17, 15) is 14.7 Å². The number of rotatable bonds is 2. The van der Waals surface area contributed by atoms with Crippen LogP contribution in [0.2, 0.25) is 0 Å². The highest BCUT2D eigenvalue weighted by molar-refractivity contribution is 9.10. The van der Waals surface area contributed by atoms with Gasteiger partial charge in [-0.1, -0.05) is 22.0 Å². The Balaban J connectivity index is 2.25. The van der Waals surface area contributed by atoms with Gasteiger partial charge in [-0.05, 0) is 44.4 Å². The molecule has 1 saturated heterocycles. The lowest BCUT2D eigenvalue weighted by Crippen LogP contribution is -2.48. The summed E-state index contributed by atoms with van der Waals surface area (Å²) >= 11 is 3.42. The predicted octanol–water partition coefficient (Wildman–Crippen LogP) is 3.08. The van der Waals surface area contributed by atoms with Crippen LogP contribution < -0.4 is 0 Å². The van der Waals surface area contributed by atoms with Gasteiger partial charge >= 0.3 is 5.97 Å². The van der Waals surface area contributed by atoms with Gasteiger partial charge in [0.05, 0.1) is 5.41 Å². The number of aliphatic carboxylic acids is 1. The molecule has 2 rings (SSSR count). The van der Waals surface area contributed by atoms with E-state index in [0.29, 0.717) is 18.5 Å². The van der Waals surface area contributed by atoms with Crippen LogP contribution in [0.25, 0.3) is 0 Å². The van der Waals surface area contributed by atoms with Gasteiger partial charge in [0.25, 0.3) is 5.91 Å². The number of benzene rings is 1. The van der Waals surface area contributed by atoms with Crippen molar-refractivity contribution in [1.82, 2.24) is 4.90 Å². The van der Waals surface area contributed by atoms with Crippen molar-refractivity contribution in [2.24, 2.45) is 5.41 Å². The fraction of sp³-hybridized carbons (Fsp3) is 0.467. The van der Waals surface area contributed by atoms with Crippen molar-refractivity contribution < 1.29 is 14.7 Å². The molecule has 0 aromatic heterocycles. The maximum atomic E-state index is 12.6. The molecule has 1 fully saturated rings. The molecule has 108 valence electrons. The standard InChI is InChI=1S/C15H18BrNO3/c1-10-11(5-3-6-12(10)16)13(18)17-8-4-7-15(2,9-17)14(19)20/h3,5-6H,4,7-9H2,1-2H3,(H,19,20). The summed E-state index contributed by atoms with van der Waals surface area (Å²) < 4.78 is 0.890. The molecule has 0 spiro atoms. The lowest BCUT2D eigenvalue weighted by atomic mass is 9.82. The van der Waals surface area contributed by atoms with Crippen LogP contribution in [-0.4, -0.2) is 35.0 Å². The summed E-state index contributed by atoms with van der Waals surface area (Å²) in [6.07, 6.45) is 1.34. The number of carboxylic acids is 1. The minimum absolute atomic E-state index is 0.0871. The molecule has 1 unspecified atom stereocenters. The van der Waals surface area contributed by atoms with Gasteiger partial charge in [0, 0.05) is 23.1 Å². The van der Waals surface area contributed by atoms with Crippen molar-refractivity contribution >= 4 is 27.8 Å². The second-order valence-corrected chi connectivity index (χ2v) is 6.46. The molecule has 0 radical (unpaired) electrons. The Morgan fingerprint density at radius 3 is 2.75 bits per heavy atom.